The van der Waals surface area contributed by atoms with Crippen molar-refractivity contribution in [2.75, 3.05) is 19.7 Å². The molecule has 3 rings (SSSR count). The van der Waals surface area contributed by atoms with Crippen LogP contribution in [-0.4, -0.2) is 46.3 Å². The molecule has 0 unspecified atom stereocenters. The van der Waals surface area contributed by atoms with Crippen LogP contribution in [0.5, 0.6) is 5.75 Å². The highest BCUT2D eigenvalue weighted by Gasteiger charge is 2.30. The molecule has 6 nitrogen and oxygen atoms in total. The van der Waals surface area contributed by atoms with E-state index in [1.54, 1.807) is 6.20 Å². The van der Waals surface area contributed by atoms with Gasteiger partial charge in [0.1, 0.15) is 12.4 Å². The fraction of sp³-hybridized carbons (Fsp3) is 0.444. The third-order valence-electron chi connectivity index (χ3n) is 4.38. The van der Waals surface area contributed by atoms with E-state index in [4.69, 9.17) is 4.74 Å². The molecule has 1 aliphatic rings. The predicted molar refractivity (Wildman–Crippen MR) is 91.7 cm³/mol. The third kappa shape index (κ3) is 3.94. The molecule has 0 saturated carbocycles. The fourth-order valence-electron chi connectivity index (χ4n) is 3.14. The topological polar surface area (TPSA) is 59.4 Å². The van der Waals surface area contributed by atoms with Gasteiger partial charge in [0.2, 0.25) is 5.91 Å². The number of aryl methyl sites for hydroxylation is 1. The van der Waals surface area contributed by atoms with Crippen LogP contribution in [0.4, 0.5) is 0 Å². The lowest BCUT2D eigenvalue weighted by atomic mass is 10.2. The van der Waals surface area contributed by atoms with Crippen LogP contribution in [0.2, 0.25) is 0 Å². The van der Waals surface area contributed by atoms with Gasteiger partial charge in [0.25, 0.3) is 0 Å². The molecule has 24 heavy (non-hydrogen) atoms. The van der Waals surface area contributed by atoms with Gasteiger partial charge in [-0.3, -0.25) is 9.48 Å². The van der Waals surface area contributed by atoms with Crippen molar-refractivity contribution in [1.29, 1.82) is 0 Å². The summed E-state index contributed by atoms with van der Waals surface area (Å²) >= 11 is 0. The van der Waals surface area contributed by atoms with Gasteiger partial charge in [-0.05, 0) is 25.1 Å². The van der Waals surface area contributed by atoms with Crippen molar-refractivity contribution in [3.63, 3.8) is 0 Å². The Morgan fingerprint density at radius 2 is 2.12 bits per heavy atom. The van der Waals surface area contributed by atoms with Gasteiger partial charge in [-0.2, -0.15) is 5.10 Å². The zero-order valence-electron chi connectivity index (χ0n) is 14.2. The number of rotatable bonds is 7. The number of amides is 1. The number of aromatic nitrogens is 2. The quantitative estimate of drug-likeness (QED) is 0.841. The average Bonchev–Trinajstić information content (AvgIpc) is 3.14. The van der Waals surface area contributed by atoms with E-state index >= 15 is 0 Å². The Morgan fingerprint density at radius 1 is 1.33 bits per heavy atom. The number of benzene rings is 1. The standard InChI is InChI=1S/C18H24N4O2/c1-14(17-8-9-19-21(17)2)20-15-12-18(23)22(13-15)10-11-24-16-6-4-3-5-7-16/h3-9,14-15,20H,10-13H2,1-2H3/t14-,15-/m1/s1. The zero-order chi connectivity index (χ0) is 16.9. The first kappa shape index (κ1) is 16.5. The van der Waals surface area contributed by atoms with Crippen molar-refractivity contribution in [3.8, 4) is 5.75 Å². The molecule has 2 heterocycles. The van der Waals surface area contributed by atoms with E-state index in [0.717, 1.165) is 18.0 Å². The predicted octanol–water partition coefficient (Wildman–Crippen LogP) is 1.75. The summed E-state index contributed by atoms with van der Waals surface area (Å²) in [4.78, 5) is 14.0. The minimum atomic E-state index is 0.163. The molecule has 0 radical (unpaired) electrons. The largest absolute Gasteiger partial charge is 0.492 e. The second-order valence-corrected chi connectivity index (χ2v) is 6.17. The minimum absolute atomic E-state index is 0.163. The fourth-order valence-corrected chi connectivity index (χ4v) is 3.14. The summed E-state index contributed by atoms with van der Waals surface area (Å²) in [6, 6.07) is 12.0. The Morgan fingerprint density at radius 3 is 2.83 bits per heavy atom. The summed E-state index contributed by atoms with van der Waals surface area (Å²) in [5.41, 5.74) is 1.12. The molecule has 2 aromatic rings. The van der Waals surface area contributed by atoms with Gasteiger partial charge in [-0.25, -0.2) is 0 Å². The van der Waals surface area contributed by atoms with E-state index in [-0.39, 0.29) is 18.0 Å². The van der Waals surface area contributed by atoms with Crippen LogP contribution in [0, 0.1) is 0 Å². The molecule has 0 bridgehead atoms. The molecule has 0 aliphatic carbocycles. The second kappa shape index (κ2) is 7.49. The summed E-state index contributed by atoms with van der Waals surface area (Å²) in [5.74, 6) is 1.02. The van der Waals surface area contributed by atoms with Gasteiger partial charge < -0.3 is 15.0 Å². The molecule has 1 N–H and O–H groups in total. The smallest absolute Gasteiger partial charge is 0.224 e. The molecule has 1 saturated heterocycles. The first-order chi connectivity index (χ1) is 11.6. The van der Waals surface area contributed by atoms with Gasteiger partial charge >= 0.3 is 0 Å². The van der Waals surface area contributed by atoms with E-state index in [1.807, 2.05) is 53.0 Å². The lowest BCUT2D eigenvalue weighted by Crippen LogP contribution is -2.36. The first-order valence-corrected chi connectivity index (χ1v) is 8.33. The molecule has 1 aliphatic heterocycles. The number of carbonyl (C=O) groups excluding carboxylic acids is 1. The molecule has 0 spiro atoms. The molecule has 1 aromatic carbocycles. The van der Waals surface area contributed by atoms with E-state index in [2.05, 4.69) is 17.3 Å². The lowest BCUT2D eigenvalue weighted by Gasteiger charge is -2.20. The number of hydrogen-bond donors (Lipinski definition) is 1. The highest BCUT2D eigenvalue weighted by Crippen LogP contribution is 2.17. The summed E-state index contributed by atoms with van der Waals surface area (Å²) in [6.07, 6.45) is 2.33. The molecule has 1 amide bonds. The number of likely N-dealkylation sites (tertiary alicyclic amines) is 1. The SMILES string of the molecule is C[C@@H](N[C@@H]1CC(=O)N(CCOc2ccccc2)C1)c1ccnn1C. The summed E-state index contributed by atoms with van der Waals surface area (Å²) < 4.78 is 7.54. The third-order valence-corrected chi connectivity index (χ3v) is 4.38. The normalized spacial score (nSPS) is 18.8. The number of carbonyl (C=O) groups is 1. The number of nitrogens with zero attached hydrogens (tertiary/aromatic N) is 3. The zero-order valence-corrected chi connectivity index (χ0v) is 14.2. The van der Waals surface area contributed by atoms with Gasteiger partial charge in [-0.1, -0.05) is 18.2 Å². The van der Waals surface area contributed by atoms with E-state index in [1.165, 1.54) is 0 Å². The maximum absolute atomic E-state index is 12.2. The number of nitrogens with one attached hydrogen (secondary N) is 1. The highest BCUT2D eigenvalue weighted by molar-refractivity contribution is 5.79. The van der Waals surface area contributed by atoms with Crippen molar-refractivity contribution in [2.24, 2.45) is 7.05 Å². The van der Waals surface area contributed by atoms with Crippen molar-refractivity contribution in [3.05, 3.63) is 48.3 Å². The Balaban J connectivity index is 1.46. The number of ether oxygens (including phenoxy) is 1. The Hall–Kier alpha value is -2.34. The Bertz CT molecular complexity index is 671. The summed E-state index contributed by atoms with van der Waals surface area (Å²) in [5, 5.41) is 7.72. The van der Waals surface area contributed by atoms with Crippen molar-refractivity contribution in [2.45, 2.75) is 25.4 Å². The molecule has 128 valence electrons. The van der Waals surface area contributed by atoms with Crippen LogP contribution in [-0.2, 0) is 11.8 Å². The van der Waals surface area contributed by atoms with Crippen LogP contribution in [0.3, 0.4) is 0 Å². The van der Waals surface area contributed by atoms with E-state index in [0.29, 0.717) is 19.6 Å². The van der Waals surface area contributed by atoms with Gasteiger partial charge in [0, 0.05) is 38.3 Å². The highest BCUT2D eigenvalue weighted by atomic mass is 16.5. The second-order valence-electron chi connectivity index (χ2n) is 6.17. The van der Waals surface area contributed by atoms with Crippen LogP contribution < -0.4 is 10.1 Å². The Labute approximate surface area is 142 Å². The minimum Gasteiger partial charge on any atom is -0.492 e. The molecular formula is C18H24N4O2. The molecular weight excluding hydrogens is 304 g/mol. The van der Waals surface area contributed by atoms with Crippen LogP contribution in [0.15, 0.2) is 42.6 Å². The average molecular weight is 328 g/mol. The van der Waals surface area contributed by atoms with Crippen LogP contribution >= 0.6 is 0 Å². The number of para-hydroxylation sites is 1. The lowest BCUT2D eigenvalue weighted by molar-refractivity contribution is -0.128. The molecule has 1 aromatic heterocycles. The monoisotopic (exact) mass is 328 g/mol. The maximum Gasteiger partial charge on any atom is 0.224 e. The van der Waals surface area contributed by atoms with Crippen molar-refractivity contribution >= 4 is 5.91 Å². The van der Waals surface area contributed by atoms with Gasteiger partial charge in [0.05, 0.1) is 12.2 Å². The number of hydrogen-bond acceptors (Lipinski definition) is 4. The first-order valence-electron chi connectivity index (χ1n) is 8.33. The molecule has 1 fully saturated rings. The summed E-state index contributed by atoms with van der Waals surface area (Å²) in [6.45, 7) is 3.95. The van der Waals surface area contributed by atoms with Crippen molar-refractivity contribution in [1.82, 2.24) is 20.0 Å². The van der Waals surface area contributed by atoms with Gasteiger partial charge in [0.15, 0.2) is 0 Å². The van der Waals surface area contributed by atoms with Crippen LogP contribution in [0.25, 0.3) is 0 Å². The van der Waals surface area contributed by atoms with Crippen molar-refractivity contribution < 1.29 is 9.53 Å². The maximum atomic E-state index is 12.2. The van der Waals surface area contributed by atoms with E-state index in [9.17, 15) is 4.79 Å². The molecule has 6 heteroatoms. The molecule has 2 atom stereocenters. The van der Waals surface area contributed by atoms with Gasteiger partial charge in [-0.15, -0.1) is 0 Å². The summed E-state index contributed by atoms with van der Waals surface area (Å²) in [7, 11) is 1.93. The van der Waals surface area contributed by atoms with E-state index < -0.39 is 0 Å². The van der Waals surface area contributed by atoms with Crippen LogP contribution in [0.1, 0.15) is 25.1 Å². The Kier molecular flexibility index (Phi) is 5.15.